The van der Waals surface area contributed by atoms with Gasteiger partial charge in [-0.1, -0.05) is 18.2 Å². The van der Waals surface area contributed by atoms with Crippen molar-refractivity contribution >= 4 is 17.8 Å². The summed E-state index contributed by atoms with van der Waals surface area (Å²) in [6.07, 6.45) is 2.49. The van der Waals surface area contributed by atoms with Gasteiger partial charge in [0.05, 0.1) is 0 Å². The van der Waals surface area contributed by atoms with E-state index in [9.17, 15) is 9.59 Å². The first-order chi connectivity index (χ1) is 6.59. The molecule has 0 aliphatic heterocycles. The van der Waals surface area contributed by atoms with Gasteiger partial charge in [0.25, 0.3) is 0 Å². The maximum absolute atomic E-state index is 11.0. The summed E-state index contributed by atoms with van der Waals surface area (Å²) in [4.78, 5) is 21.2. The van der Waals surface area contributed by atoms with Crippen molar-refractivity contribution in [2.45, 2.75) is 6.92 Å². The maximum atomic E-state index is 11.0. The van der Waals surface area contributed by atoms with Crippen molar-refractivity contribution in [3.63, 3.8) is 0 Å². The van der Waals surface area contributed by atoms with Crippen LogP contribution in [0.4, 0.5) is 0 Å². The van der Waals surface area contributed by atoms with Crippen LogP contribution in [-0.4, -0.2) is 16.9 Å². The lowest BCUT2D eigenvalue weighted by Crippen LogP contribution is -1.91. The Labute approximate surface area is 81.7 Å². The molecule has 14 heavy (non-hydrogen) atoms. The summed E-state index contributed by atoms with van der Waals surface area (Å²) < 4.78 is 0. The molecule has 3 heteroatoms. The van der Waals surface area contributed by atoms with Crippen molar-refractivity contribution in [3.8, 4) is 0 Å². The first-order valence-electron chi connectivity index (χ1n) is 4.11. The van der Waals surface area contributed by atoms with Gasteiger partial charge >= 0.3 is 5.97 Å². The van der Waals surface area contributed by atoms with Gasteiger partial charge in [0.15, 0.2) is 5.78 Å². The van der Waals surface area contributed by atoms with Crippen molar-refractivity contribution in [2.24, 2.45) is 0 Å². The Morgan fingerprint density at radius 1 is 1.36 bits per heavy atom. The summed E-state index contributed by atoms with van der Waals surface area (Å²) in [5.74, 6) is -1.03. The monoisotopic (exact) mass is 190 g/mol. The highest BCUT2D eigenvalue weighted by molar-refractivity contribution is 5.95. The molecular weight excluding hydrogens is 180 g/mol. The van der Waals surface area contributed by atoms with E-state index in [1.807, 2.05) is 0 Å². The van der Waals surface area contributed by atoms with E-state index in [-0.39, 0.29) is 5.78 Å². The molecule has 0 bridgehead atoms. The first kappa shape index (κ1) is 10.2. The van der Waals surface area contributed by atoms with E-state index in [4.69, 9.17) is 5.11 Å². The largest absolute Gasteiger partial charge is 0.478 e. The van der Waals surface area contributed by atoms with Gasteiger partial charge in [-0.15, -0.1) is 0 Å². The summed E-state index contributed by atoms with van der Waals surface area (Å²) in [5.41, 5.74) is 1.29. The number of hydrogen-bond acceptors (Lipinski definition) is 2. The number of benzene rings is 1. The number of carboxylic acids is 1. The van der Waals surface area contributed by atoms with Gasteiger partial charge in [-0.2, -0.15) is 0 Å². The van der Waals surface area contributed by atoms with Crippen LogP contribution in [0.5, 0.6) is 0 Å². The van der Waals surface area contributed by atoms with Gasteiger partial charge in [-0.3, -0.25) is 4.79 Å². The second-order valence-corrected chi connectivity index (χ2v) is 2.85. The van der Waals surface area contributed by atoms with Gasteiger partial charge in [0.2, 0.25) is 0 Å². The van der Waals surface area contributed by atoms with Gasteiger partial charge in [-0.05, 0) is 24.6 Å². The highest BCUT2D eigenvalue weighted by Gasteiger charge is 1.98. The van der Waals surface area contributed by atoms with Gasteiger partial charge in [-0.25, -0.2) is 4.79 Å². The number of hydrogen-bond donors (Lipinski definition) is 1. The molecule has 0 spiro atoms. The van der Waals surface area contributed by atoms with E-state index in [0.717, 1.165) is 6.08 Å². The number of carbonyl (C=O) groups is 2. The number of carboxylic acid groups (broad SMARTS) is 1. The molecular formula is C11H10O3. The molecule has 0 saturated heterocycles. The van der Waals surface area contributed by atoms with E-state index in [1.165, 1.54) is 13.0 Å². The van der Waals surface area contributed by atoms with E-state index >= 15 is 0 Å². The smallest absolute Gasteiger partial charge is 0.328 e. The summed E-state index contributed by atoms with van der Waals surface area (Å²) in [6.45, 7) is 1.47. The van der Waals surface area contributed by atoms with Gasteiger partial charge < -0.3 is 5.11 Å². The lowest BCUT2D eigenvalue weighted by Gasteiger charge is -1.96. The molecule has 0 aromatic heterocycles. The van der Waals surface area contributed by atoms with Crippen LogP contribution in [0.15, 0.2) is 30.3 Å². The van der Waals surface area contributed by atoms with E-state index < -0.39 is 5.97 Å². The number of carbonyl (C=O) groups excluding carboxylic acids is 1. The summed E-state index contributed by atoms with van der Waals surface area (Å²) >= 11 is 0. The van der Waals surface area contributed by atoms with E-state index in [0.29, 0.717) is 11.1 Å². The molecule has 0 radical (unpaired) electrons. The second kappa shape index (κ2) is 4.37. The zero-order valence-corrected chi connectivity index (χ0v) is 7.73. The topological polar surface area (TPSA) is 54.4 Å². The molecule has 1 rings (SSSR count). The quantitative estimate of drug-likeness (QED) is 0.585. The minimum atomic E-state index is -1.00. The lowest BCUT2D eigenvalue weighted by molar-refractivity contribution is -0.131. The Balaban J connectivity index is 2.94. The molecule has 0 amide bonds. The minimum Gasteiger partial charge on any atom is -0.478 e. The van der Waals surface area contributed by atoms with E-state index in [1.54, 1.807) is 24.3 Å². The van der Waals surface area contributed by atoms with Crippen LogP contribution in [0.3, 0.4) is 0 Å². The third-order valence-electron chi connectivity index (χ3n) is 1.71. The predicted octanol–water partition coefficient (Wildman–Crippen LogP) is 1.99. The summed E-state index contributed by atoms with van der Waals surface area (Å²) in [6, 6.07) is 6.81. The van der Waals surface area contributed by atoms with Crippen molar-refractivity contribution in [3.05, 3.63) is 41.5 Å². The molecule has 0 heterocycles. The maximum Gasteiger partial charge on any atom is 0.328 e. The van der Waals surface area contributed by atoms with Crippen molar-refractivity contribution in [2.75, 3.05) is 0 Å². The van der Waals surface area contributed by atoms with Crippen LogP contribution >= 0.6 is 0 Å². The Hall–Kier alpha value is -1.90. The molecule has 1 aromatic carbocycles. The summed E-state index contributed by atoms with van der Waals surface area (Å²) in [5, 5.41) is 8.40. The Bertz CT molecular complexity index is 391. The van der Waals surface area contributed by atoms with Gasteiger partial charge in [0, 0.05) is 11.6 Å². The van der Waals surface area contributed by atoms with Crippen LogP contribution in [0.25, 0.3) is 6.08 Å². The van der Waals surface area contributed by atoms with Crippen LogP contribution < -0.4 is 0 Å². The van der Waals surface area contributed by atoms with Crippen LogP contribution in [0.2, 0.25) is 0 Å². The Morgan fingerprint density at radius 3 is 2.64 bits per heavy atom. The molecule has 0 unspecified atom stereocenters. The Kier molecular flexibility index (Phi) is 3.18. The average molecular weight is 190 g/mol. The highest BCUT2D eigenvalue weighted by Crippen LogP contribution is 2.07. The van der Waals surface area contributed by atoms with Crippen molar-refractivity contribution in [1.29, 1.82) is 0 Å². The van der Waals surface area contributed by atoms with E-state index in [2.05, 4.69) is 0 Å². The number of Topliss-reactive ketones (excluding diaryl/α,β-unsaturated/α-hetero) is 1. The molecule has 0 aliphatic carbocycles. The van der Waals surface area contributed by atoms with Crippen LogP contribution in [0, 0.1) is 0 Å². The molecule has 1 aromatic rings. The lowest BCUT2D eigenvalue weighted by atomic mass is 10.1. The van der Waals surface area contributed by atoms with Crippen LogP contribution in [-0.2, 0) is 4.79 Å². The highest BCUT2D eigenvalue weighted by atomic mass is 16.4. The molecule has 0 saturated carbocycles. The first-order valence-corrected chi connectivity index (χ1v) is 4.11. The number of rotatable bonds is 3. The number of ketones is 1. The average Bonchev–Trinajstić information content (AvgIpc) is 2.15. The number of aliphatic carboxylic acids is 1. The Morgan fingerprint density at radius 2 is 2.07 bits per heavy atom. The van der Waals surface area contributed by atoms with Crippen molar-refractivity contribution < 1.29 is 14.7 Å². The predicted molar refractivity (Wildman–Crippen MR) is 53.1 cm³/mol. The third-order valence-corrected chi connectivity index (χ3v) is 1.71. The normalized spacial score (nSPS) is 10.4. The SMILES string of the molecule is CC(=O)c1cccc(C=CC(=O)O)c1. The fourth-order valence-corrected chi connectivity index (χ4v) is 1.03. The zero-order valence-electron chi connectivity index (χ0n) is 7.73. The standard InChI is InChI=1S/C11H10O3/c1-8(12)10-4-2-3-9(7-10)5-6-11(13)14/h2-7H,1H3,(H,13,14). The minimum absolute atomic E-state index is 0.0319. The molecule has 0 fully saturated rings. The van der Waals surface area contributed by atoms with Crippen LogP contribution in [0.1, 0.15) is 22.8 Å². The zero-order chi connectivity index (χ0) is 10.6. The molecule has 72 valence electrons. The third kappa shape index (κ3) is 2.86. The van der Waals surface area contributed by atoms with Crippen molar-refractivity contribution in [1.82, 2.24) is 0 Å². The molecule has 0 atom stereocenters. The fraction of sp³-hybridized carbons (Fsp3) is 0.0909. The molecule has 3 nitrogen and oxygen atoms in total. The fourth-order valence-electron chi connectivity index (χ4n) is 1.03. The molecule has 0 aliphatic rings. The summed E-state index contributed by atoms with van der Waals surface area (Å²) in [7, 11) is 0. The van der Waals surface area contributed by atoms with Gasteiger partial charge in [0.1, 0.15) is 0 Å². The second-order valence-electron chi connectivity index (χ2n) is 2.85. The molecule has 1 N–H and O–H groups in total.